The van der Waals surface area contributed by atoms with Crippen molar-refractivity contribution in [3.05, 3.63) is 42.0 Å². The number of hydrogen-bond acceptors (Lipinski definition) is 2. The van der Waals surface area contributed by atoms with Crippen molar-refractivity contribution >= 4 is 11.5 Å². The van der Waals surface area contributed by atoms with Crippen LogP contribution in [0.4, 0.5) is 5.69 Å². The third-order valence-electron chi connectivity index (χ3n) is 6.52. The average molecular weight is 323 g/mol. The summed E-state index contributed by atoms with van der Waals surface area (Å²) in [5.41, 5.74) is 3.80. The van der Waals surface area contributed by atoms with Gasteiger partial charge in [-0.1, -0.05) is 56.4 Å². The van der Waals surface area contributed by atoms with E-state index in [0.29, 0.717) is 24.5 Å². The number of Topliss-reactive ketones (excluding diaryl/α,β-unsaturated/α-hetero) is 1. The molecule has 2 nitrogen and oxygen atoms in total. The molecule has 1 heterocycles. The predicted octanol–water partition coefficient (Wildman–Crippen LogP) is 5.10. The van der Waals surface area contributed by atoms with Crippen LogP contribution < -0.4 is 4.90 Å². The third-order valence-corrected chi connectivity index (χ3v) is 6.52. The first-order valence-corrected chi connectivity index (χ1v) is 9.75. The van der Waals surface area contributed by atoms with Crippen LogP contribution in [0.3, 0.4) is 0 Å². The number of rotatable bonds is 3. The Labute approximate surface area is 145 Å². The Hall–Kier alpha value is -1.57. The number of allylic oxidation sites excluding steroid dienone is 1. The molecule has 0 bridgehead atoms. The summed E-state index contributed by atoms with van der Waals surface area (Å²) in [6.07, 6.45) is 9.48. The monoisotopic (exact) mass is 323 g/mol. The van der Waals surface area contributed by atoms with Gasteiger partial charge < -0.3 is 4.90 Å². The molecule has 2 aliphatic carbocycles. The molecule has 0 amide bonds. The summed E-state index contributed by atoms with van der Waals surface area (Å²) in [6.45, 7) is 6.63. The number of ketones is 1. The molecule has 0 aromatic heterocycles. The molecule has 1 aliphatic heterocycles. The van der Waals surface area contributed by atoms with Gasteiger partial charge in [-0.3, -0.25) is 4.79 Å². The highest BCUT2D eigenvalue weighted by Crippen LogP contribution is 2.39. The summed E-state index contributed by atoms with van der Waals surface area (Å²) in [4.78, 5) is 14.1. The quantitative estimate of drug-likeness (QED) is 0.722. The number of hydrogen-bond donors (Lipinski definition) is 0. The number of anilines is 1. The van der Waals surface area contributed by atoms with Crippen molar-refractivity contribution in [3.63, 3.8) is 0 Å². The molecule has 1 saturated heterocycles. The van der Waals surface area contributed by atoms with Crippen LogP contribution in [0.5, 0.6) is 0 Å². The van der Waals surface area contributed by atoms with Crippen LogP contribution in [0.15, 0.2) is 36.4 Å². The highest BCUT2D eigenvalue weighted by molar-refractivity contribution is 5.82. The van der Waals surface area contributed by atoms with Crippen LogP contribution in [0.25, 0.3) is 0 Å². The number of carbonyl (C=O) groups excluding carboxylic acids is 1. The third kappa shape index (κ3) is 3.16. The van der Waals surface area contributed by atoms with Gasteiger partial charge in [0.15, 0.2) is 0 Å². The van der Waals surface area contributed by atoms with Crippen molar-refractivity contribution in [1.82, 2.24) is 0 Å². The highest BCUT2D eigenvalue weighted by Gasteiger charge is 2.34. The lowest BCUT2D eigenvalue weighted by molar-refractivity contribution is -0.119. The lowest BCUT2D eigenvalue weighted by Crippen LogP contribution is -2.50. The molecule has 0 spiro atoms. The number of benzene rings is 1. The first-order valence-electron chi connectivity index (χ1n) is 9.75. The molecule has 3 fully saturated rings. The summed E-state index contributed by atoms with van der Waals surface area (Å²) >= 11 is 0. The van der Waals surface area contributed by atoms with Crippen LogP contribution in [-0.4, -0.2) is 18.9 Å². The van der Waals surface area contributed by atoms with E-state index in [4.69, 9.17) is 0 Å². The summed E-state index contributed by atoms with van der Waals surface area (Å²) in [5.74, 6) is 2.64. The van der Waals surface area contributed by atoms with Crippen LogP contribution >= 0.6 is 0 Å². The van der Waals surface area contributed by atoms with Gasteiger partial charge in [-0.2, -0.15) is 0 Å². The molecule has 4 rings (SSSR count). The van der Waals surface area contributed by atoms with Crippen molar-refractivity contribution in [2.75, 3.05) is 18.0 Å². The van der Waals surface area contributed by atoms with E-state index in [0.717, 1.165) is 23.8 Å². The Kier molecular flexibility index (Phi) is 4.47. The van der Waals surface area contributed by atoms with Gasteiger partial charge in [-0.05, 0) is 36.0 Å². The molecule has 0 radical (unpaired) electrons. The van der Waals surface area contributed by atoms with E-state index >= 15 is 0 Å². The zero-order chi connectivity index (χ0) is 16.5. The maximum Gasteiger partial charge on any atom is 0.136 e. The van der Waals surface area contributed by atoms with Gasteiger partial charge in [0.25, 0.3) is 0 Å². The molecule has 2 saturated carbocycles. The van der Waals surface area contributed by atoms with Crippen LogP contribution in [-0.2, 0) is 4.79 Å². The predicted molar refractivity (Wildman–Crippen MR) is 99.5 cm³/mol. The van der Waals surface area contributed by atoms with Crippen molar-refractivity contribution in [3.8, 4) is 0 Å². The van der Waals surface area contributed by atoms with Gasteiger partial charge >= 0.3 is 0 Å². The minimum Gasteiger partial charge on any atom is -0.371 e. The fourth-order valence-electron chi connectivity index (χ4n) is 4.92. The normalized spacial score (nSPS) is 26.5. The van der Waals surface area contributed by atoms with Gasteiger partial charge in [0.05, 0.1) is 0 Å². The summed E-state index contributed by atoms with van der Waals surface area (Å²) < 4.78 is 0. The van der Waals surface area contributed by atoms with E-state index in [1.54, 1.807) is 0 Å². The second-order valence-corrected chi connectivity index (χ2v) is 8.12. The Morgan fingerprint density at radius 3 is 2.29 bits per heavy atom. The molecule has 1 aromatic rings. The second-order valence-electron chi connectivity index (χ2n) is 8.12. The Bertz CT molecular complexity index is 605. The maximum absolute atomic E-state index is 11.5. The lowest BCUT2D eigenvalue weighted by Gasteiger charge is -2.46. The molecule has 128 valence electrons. The van der Waals surface area contributed by atoms with Crippen LogP contribution in [0.1, 0.15) is 62.8 Å². The average Bonchev–Trinajstić information content (AvgIpc) is 2.55. The molecule has 24 heavy (non-hydrogen) atoms. The summed E-state index contributed by atoms with van der Waals surface area (Å²) in [7, 11) is 0. The minimum atomic E-state index is 0.349. The standard InChI is InChI=1S/C22H29NO/c1-16-13-21(24)11-12-22(16)18-7-9-20(10-8-18)23-14-19(15-23)17-5-3-2-4-6-17/h7-10,17,19,22H,1-6,11-15H2. The van der Waals surface area contributed by atoms with E-state index in [1.807, 2.05) is 0 Å². The molecule has 0 N–H and O–H groups in total. The molecule has 2 heteroatoms. The Balaban J connectivity index is 1.35. The zero-order valence-corrected chi connectivity index (χ0v) is 14.7. The zero-order valence-electron chi connectivity index (χ0n) is 14.7. The molecule has 3 aliphatic rings. The van der Waals surface area contributed by atoms with E-state index in [1.165, 1.54) is 56.4 Å². The molecular weight excluding hydrogens is 294 g/mol. The Morgan fingerprint density at radius 2 is 1.62 bits per heavy atom. The smallest absolute Gasteiger partial charge is 0.136 e. The van der Waals surface area contributed by atoms with E-state index in [9.17, 15) is 4.79 Å². The van der Waals surface area contributed by atoms with Crippen molar-refractivity contribution in [2.24, 2.45) is 11.8 Å². The summed E-state index contributed by atoms with van der Waals surface area (Å²) in [6, 6.07) is 9.07. The topological polar surface area (TPSA) is 20.3 Å². The fraction of sp³-hybridized carbons (Fsp3) is 0.591. The fourth-order valence-corrected chi connectivity index (χ4v) is 4.92. The number of carbonyl (C=O) groups is 1. The van der Waals surface area contributed by atoms with Crippen molar-refractivity contribution < 1.29 is 4.79 Å². The highest BCUT2D eigenvalue weighted by atomic mass is 16.1. The van der Waals surface area contributed by atoms with Crippen molar-refractivity contribution in [2.45, 2.75) is 57.3 Å². The molecular formula is C22H29NO. The van der Waals surface area contributed by atoms with Gasteiger partial charge in [0.1, 0.15) is 5.78 Å². The Morgan fingerprint density at radius 1 is 0.917 bits per heavy atom. The van der Waals surface area contributed by atoms with E-state index < -0.39 is 0 Å². The molecule has 1 atom stereocenters. The largest absolute Gasteiger partial charge is 0.371 e. The first-order chi connectivity index (χ1) is 11.7. The first kappa shape index (κ1) is 15.9. The minimum absolute atomic E-state index is 0.349. The van der Waals surface area contributed by atoms with Gasteiger partial charge in [-0.15, -0.1) is 0 Å². The van der Waals surface area contributed by atoms with Gasteiger partial charge in [0.2, 0.25) is 0 Å². The second kappa shape index (κ2) is 6.74. The summed E-state index contributed by atoms with van der Waals surface area (Å²) in [5, 5.41) is 0. The van der Waals surface area contributed by atoms with Gasteiger partial charge in [-0.25, -0.2) is 0 Å². The lowest BCUT2D eigenvalue weighted by atomic mass is 9.76. The number of nitrogens with zero attached hydrogens (tertiary/aromatic N) is 1. The SMILES string of the molecule is C=C1CC(=O)CCC1c1ccc(N2CC(C3CCCCC3)C2)cc1. The van der Waals surface area contributed by atoms with Crippen LogP contribution in [0.2, 0.25) is 0 Å². The molecule has 1 unspecified atom stereocenters. The maximum atomic E-state index is 11.5. The van der Waals surface area contributed by atoms with Gasteiger partial charge in [0, 0.05) is 37.5 Å². The van der Waals surface area contributed by atoms with Crippen molar-refractivity contribution in [1.29, 1.82) is 0 Å². The molecule has 1 aromatic carbocycles. The van der Waals surface area contributed by atoms with Crippen LogP contribution in [0, 0.1) is 11.8 Å². The van der Waals surface area contributed by atoms with E-state index in [2.05, 4.69) is 35.7 Å². The van der Waals surface area contributed by atoms with E-state index in [-0.39, 0.29) is 0 Å².